The van der Waals surface area contributed by atoms with Crippen molar-refractivity contribution in [2.45, 2.75) is 25.8 Å². The molecule has 0 unspecified atom stereocenters. The third-order valence-corrected chi connectivity index (χ3v) is 2.86. The average Bonchev–Trinajstić information content (AvgIpc) is 2.33. The molecular formula is C13H19NO. The number of benzene rings is 1. The van der Waals surface area contributed by atoms with E-state index in [0.29, 0.717) is 0 Å². The molecule has 1 aliphatic heterocycles. The molecule has 0 N–H and O–H groups in total. The van der Waals surface area contributed by atoms with E-state index in [2.05, 4.69) is 17.0 Å². The maximum absolute atomic E-state index is 7.65. The molecule has 0 bridgehead atoms. The fourth-order valence-corrected chi connectivity index (χ4v) is 1.95. The Morgan fingerprint density at radius 1 is 1.27 bits per heavy atom. The Balaban J connectivity index is 1.88. The number of piperidine rings is 1. The van der Waals surface area contributed by atoms with Crippen LogP contribution < -0.4 is 4.74 Å². The quantitative estimate of drug-likeness (QED) is 0.754. The first-order chi connectivity index (χ1) is 7.78. The van der Waals surface area contributed by atoms with E-state index in [1.165, 1.54) is 5.56 Å². The van der Waals surface area contributed by atoms with Crippen molar-refractivity contribution in [2.24, 2.45) is 0 Å². The first-order valence-electron chi connectivity index (χ1n) is 6.13. The number of rotatable bonds is 3. The summed E-state index contributed by atoms with van der Waals surface area (Å²) in [4.78, 5) is 2.42. The van der Waals surface area contributed by atoms with Gasteiger partial charge in [-0.05, 0) is 43.6 Å². The van der Waals surface area contributed by atoms with E-state index in [0.717, 1.165) is 38.2 Å². The molecule has 0 atom stereocenters. The summed E-state index contributed by atoms with van der Waals surface area (Å²) in [6.07, 6.45) is 2.18. The fourth-order valence-electron chi connectivity index (χ4n) is 1.95. The first-order valence-corrected chi connectivity index (χ1v) is 5.55. The minimum absolute atomic E-state index is 0.159. The Kier molecular flexibility index (Phi) is 3.18. The zero-order valence-electron chi connectivity index (χ0n) is 10.3. The minimum atomic E-state index is 0.159. The maximum Gasteiger partial charge on any atom is 0.118 e. The molecular weight excluding hydrogens is 186 g/mol. The number of methoxy groups -OCH3 is 1. The van der Waals surface area contributed by atoms with Crippen LogP contribution >= 0.6 is 0 Å². The van der Waals surface area contributed by atoms with Gasteiger partial charge in [0, 0.05) is 7.92 Å². The summed E-state index contributed by atoms with van der Waals surface area (Å²) in [5.41, 5.74) is 1.32. The molecule has 1 saturated heterocycles. The Morgan fingerprint density at radius 3 is 2.53 bits per heavy atom. The molecule has 2 nitrogen and oxygen atoms in total. The second kappa shape index (κ2) is 5.17. The molecule has 1 heterocycles. The summed E-state index contributed by atoms with van der Waals surface area (Å²) < 4.78 is 12.8. The minimum Gasteiger partial charge on any atom is -0.497 e. The van der Waals surface area contributed by atoms with Crippen molar-refractivity contribution >= 4 is 0 Å². The predicted molar refractivity (Wildman–Crippen MR) is 62.1 cm³/mol. The van der Waals surface area contributed by atoms with E-state index in [1.807, 2.05) is 12.1 Å². The van der Waals surface area contributed by atoms with Crippen molar-refractivity contribution in [3.05, 3.63) is 29.8 Å². The third kappa shape index (κ3) is 2.96. The number of hydrogen-bond donors (Lipinski definition) is 0. The second-order valence-corrected chi connectivity index (χ2v) is 3.99. The van der Waals surface area contributed by atoms with Gasteiger partial charge in [0.25, 0.3) is 0 Å². The maximum atomic E-state index is 7.65. The fraction of sp³-hybridized carbons (Fsp3) is 0.538. The number of likely N-dealkylation sites (tertiary alicyclic amines) is 1. The lowest BCUT2D eigenvalue weighted by atomic mass is 10.1. The van der Waals surface area contributed by atoms with Gasteiger partial charge >= 0.3 is 0 Å². The first kappa shape index (κ1) is 9.22. The average molecular weight is 206 g/mol. The molecule has 1 aromatic carbocycles. The van der Waals surface area contributed by atoms with Crippen molar-refractivity contribution in [3.8, 4) is 5.75 Å². The van der Waals surface area contributed by atoms with Crippen LogP contribution in [0.1, 0.15) is 26.2 Å². The molecule has 1 aliphatic rings. The second-order valence-electron chi connectivity index (χ2n) is 3.99. The standard InChI is InChI=1S/C13H19NO/c1-15-13-7-5-12(6-8-13)11-14-9-3-2-4-10-14/h5-8H,2-4,9-11H2,1H3/i2D. The monoisotopic (exact) mass is 206 g/mol. The van der Waals surface area contributed by atoms with Crippen molar-refractivity contribution in [1.29, 1.82) is 0 Å². The SMILES string of the molecule is [2H]C1CCN(Cc2ccc(OC)cc2)CC1. The molecule has 0 aromatic heterocycles. The van der Waals surface area contributed by atoms with Crippen LogP contribution in [0.2, 0.25) is 0 Å². The van der Waals surface area contributed by atoms with E-state index in [9.17, 15) is 0 Å². The number of hydrogen-bond acceptors (Lipinski definition) is 2. The topological polar surface area (TPSA) is 12.5 Å². The zero-order chi connectivity index (χ0) is 11.4. The van der Waals surface area contributed by atoms with Crippen molar-refractivity contribution in [1.82, 2.24) is 4.90 Å². The third-order valence-electron chi connectivity index (χ3n) is 2.86. The van der Waals surface area contributed by atoms with Gasteiger partial charge in [0.1, 0.15) is 5.75 Å². The lowest BCUT2D eigenvalue weighted by molar-refractivity contribution is 0.221. The highest BCUT2D eigenvalue weighted by molar-refractivity contribution is 5.27. The normalized spacial score (nSPS) is 19.9. The largest absolute Gasteiger partial charge is 0.497 e. The summed E-state index contributed by atoms with van der Waals surface area (Å²) in [5, 5.41) is 0. The van der Waals surface area contributed by atoms with Crippen LogP contribution in [0.4, 0.5) is 0 Å². The van der Waals surface area contributed by atoms with Gasteiger partial charge in [-0.25, -0.2) is 0 Å². The lowest BCUT2D eigenvalue weighted by Gasteiger charge is -2.26. The van der Waals surface area contributed by atoms with Gasteiger partial charge < -0.3 is 4.74 Å². The van der Waals surface area contributed by atoms with Crippen LogP contribution in [-0.2, 0) is 6.54 Å². The smallest absolute Gasteiger partial charge is 0.118 e. The van der Waals surface area contributed by atoms with Crippen LogP contribution in [0.3, 0.4) is 0 Å². The van der Waals surface area contributed by atoms with Gasteiger partial charge in [-0.2, -0.15) is 0 Å². The predicted octanol–water partition coefficient (Wildman–Crippen LogP) is 2.68. The Bertz CT molecular complexity index is 317. The van der Waals surface area contributed by atoms with E-state index in [-0.39, 0.29) is 6.40 Å². The van der Waals surface area contributed by atoms with Crippen LogP contribution in [0, 0.1) is 0 Å². The molecule has 1 fully saturated rings. The van der Waals surface area contributed by atoms with E-state index in [1.54, 1.807) is 7.11 Å². The Morgan fingerprint density at radius 2 is 1.93 bits per heavy atom. The highest BCUT2D eigenvalue weighted by Gasteiger charge is 2.09. The lowest BCUT2D eigenvalue weighted by Crippen LogP contribution is -2.28. The van der Waals surface area contributed by atoms with Crippen molar-refractivity contribution in [3.63, 3.8) is 0 Å². The summed E-state index contributed by atoms with van der Waals surface area (Å²) in [6.45, 7) is 3.11. The molecule has 0 radical (unpaired) electrons. The van der Waals surface area contributed by atoms with E-state index in [4.69, 9.17) is 6.11 Å². The molecule has 0 spiro atoms. The van der Waals surface area contributed by atoms with Gasteiger partial charge in [-0.3, -0.25) is 4.90 Å². The Hall–Kier alpha value is -1.02. The molecule has 15 heavy (non-hydrogen) atoms. The van der Waals surface area contributed by atoms with Gasteiger partial charge in [0.05, 0.1) is 7.11 Å². The molecule has 1 aromatic rings. The van der Waals surface area contributed by atoms with Gasteiger partial charge in [0.2, 0.25) is 0 Å². The zero-order valence-corrected chi connectivity index (χ0v) is 9.28. The van der Waals surface area contributed by atoms with Gasteiger partial charge in [0.15, 0.2) is 0 Å². The summed E-state index contributed by atoms with van der Waals surface area (Å²) in [5.74, 6) is 0.911. The van der Waals surface area contributed by atoms with Gasteiger partial charge in [-0.1, -0.05) is 18.5 Å². The molecule has 0 aliphatic carbocycles. The molecule has 2 heteroatoms. The summed E-state index contributed by atoms with van der Waals surface area (Å²) in [7, 11) is 1.69. The summed E-state index contributed by atoms with van der Waals surface area (Å²) >= 11 is 0. The number of nitrogens with zero attached hydrogens (tertiary/aromatic N) is 1. The number of ether oxygens (including phenoxy) is 1. The van der Waals surface area contributed by atoms with Crippen LogP contribution in [0.15, 0.2) is 24.3 Å². The molecule has 82 valence electrons. The van der Waals surface area contributed by atoms with E-state index >= 15 is 0 Å². The molecule has 2 rings (SSSR count). The van der Waals surface area contributed by atoms with Crippen molar-refractivity contribution < 1.29 is 6.11 Å². The Labute approximate surface area is 93.3 Å². The van der Waals surface area contributed by atoms with Gasteiger partial charge in [-0.15, -0.1) is 0 Å². The van der Waals surface area contributed by atoms with Crippen molar-refractivity contribution in [2.75, 3.05) is 20.2 Å². The highest BCUT2D eigenvalue weighted by atomic mass is 16.5. The van der Waals surface area contributed by atoms with E-state index < -0.39 is 0 Å². The van der Waals surface area contributed by atoms with Crippen LogP contribution in [0.25, 0.3) is 0 Å². The van der Waals surface area contributed by atoms with Crippen LogP contribution in [0.5, 0.6) is 5.75 Å². The molecule has 0 saturated carbocycles. The highest BCUT2D eigenvalue weighted by Crippen LogP contribution is 2.15. The summed E-state index contributed by atoms with van der Waals surface area (Å²) in [6, 6.07) is 8.25. The van der Waals surface area contributed by atoms with Crippen LogP contribution in [-0.4, -0.2) is 25.1 Å². The molecule has 0 amide bonds.